The lowest BCUT2D eigenvalue weighted by Gasteiger charge is -2.19. The first kappa shape index (κ1) is 22.9. The summed E-state index contributed by atoms with van der Waals surface area (Å²) in [5, 5.41) is 5.82. The van der Waals surface area contributed by atoms with E-state index < -0.39 is 10.0 Å². The van der Waals surface area contributed by atoms with Gasteiger partial charge >= 0.3 is 0 Å². The average Bonchev–Trinajstić information content (AvgIpc) is 2.53. The molecule has 0 saturated carbocycles. The van der Waals surface area contributed by atoms with E-state index in [1.807, 2.05) is 20.8 Å². The Morgan fingerprint density at radius 2 is 1.71 bits per heavy atom. The Labute approximate surface area is 151 Å². The fourth-order valence-corrected chi connectivity index (χ4v) is 3.73. The molecular formula is C16H28ClN3O3S. The summed E-state index contributed by atoms with van der Waals surface area (Å²) in [5.41, 5.74) is 0.876. The van der Waals surface area contributed by atoms with Crippen molar-refractivity contribution in [3.8, 4) is 0 Å². The fourth-order valence-electron chi connectivity index (χ4n) is 2.28. The van der Waals surface area contributed by atoms with Gasteiger partial charge in [-0.2, -0.15) is 4.31 Å². The molecule has 1 aromatic rings. The number of benzene rings is 1. The number of nitrogens with zero attached hydrogens (tertiary/aromatic N) is 1. The van der Waals surface area contributed by atoms with Gasteiger partial charge in [0.25, 0.3) is 0 Å². The number of halogens is 1. The van der Waals surface area contributed by atoms with Crippen LogP contribution in [0.4, 0.5) is 0 Å². The molecule has 0 aliphatic carbocycles. The zero-order chi connectivity index (χ0) is 17.5. The van der Waals surface area contributed by atoms with E-state index in [2.05, 4.69) is 10.6 Å². The minimum Gasteiger partial charge on any atom is -0.350 e. The predicted molar refractivity (Wildman–Crippen MR) is 98.9 cm³/mol. The van der Waals surface area contributed by atoms with Crippen LogP contribution in [-0.4, -0.2) is 45.3 Å². The second kappa shape index (κ2) is 10.7. The topological polar surface area (TPSA) is 78.5 Å². The van der Waals surface area contributed by atoms with Crippen LogP contribution >= 0.6 is 12.4 Å². The molecule has 0 heterocycles. The normalized spacial score (nSPS) is 12.5. The van der Waals surface area contributed by atoms with Gasteiger partial charge in [0.2, 0.25) is 15.9 Å². The number of hydrogen-bond acceptors (Lipinski definition) is 4. The molecule has 0 radical (unpaired) electrons. The van der Waals surface area contributed by atoms with Crippen LogP contribution < -0.4 is 10.6 Å². The van der Waals surface area contributed by atoms with Crippen molar-refractivity contribution in [2.45, 2.75) is 38.1 Å². The standard InChI is InChI=1S/C16H27N3O3S.ClH/c1-5-19(6-2)23(21,22)15-9-7-14(8-10-15)13(3)18-16(20)11-12-17-4;/h7-10,13,17H,5-6,11-12H2,1-4H3,(H,18,20);1H. The lowest BCUT2D eigenvalue weighted by Crippen LogP contribution is -2.31. The zero-order valence-electron chi connectivity index (χ0n) is 14.7. The Kier molecular flexibility index (Phi) is 10.1. The van der Waals surface area contributed by atoms with Crippen LogP contribution in [0.15, 0.2) is 29.2 Å². The first-order valence-electron chi connectivity index (χ1n) is 7.90. The van der Waals surface area contributed by atoms with Crippen molar-refractivity contribution < 1.29 is 13.2 Å². The van der Waals surface area contributed by atoms with Gasteiger partial charge in [-0.05, 0) is 31.7 Å². The minimum atomic E-state index is -3.44. The first-order valence-corrected chi connectivity index (χ1v) is 9.34. The van der Waals surface area contributed by atoms with E-state index in [1.54, 1.807) is 31.3 Å². The van der Waals surface area contributed by atoms with Gasteiger partial charge in [0.1, 0.15) is 0 Å². The number of carbonyl (C=O) groups excluding carboxylic acids is 1. The highest BCUT2D eigenvalue weighted by Gasteiger charge is 2.21. The van der Waals surface area contributed by atoms with Crippen molar-refractivity contribution in [3.05, 3.63) is 29.8 Å². The van der Waals surface area contributed by atoms with Gasteiger partial charge < -0.3 is 10.6 Å². The molecule has 1 aromatic carbocycles. The molecule has 2 N–H and O–H groups in total. The van der Waals surface area contributed by atoms with Crippen LogP contribution in [0, 0.1) is 0 Å². The molecule has 0 fully saturated rings. The van der Waals surface area contributed by atoms with E-state index >= 15 is 0 Å². The number of hydrogen-bond donors (Lipinski definition) is 2. The maximum atomic E-state index is 12.4. The predicted octanol–water partition coefficient (Wildman–Crippen LogP) is 1.93. The third kappa shape index (κ3) is 6.05. The number of sulfonamides is 1. The van der Waals surface area contributed by atoms with Gasteiger partial charge in [-0.15, -0.1) is 12.4 Å². The summed E-state index contributed by atoms with van der Waals surface area (Å²) in [6.45, 7) is 7.03. The number of rotatable bonds is 9. The van der Waals surface area contributed by atoms with Crippen LogP contribution in [-0.2, 0) is 14.8 Å². The average molecular weight is 378 g/mol. The SMILES string of the molecule is CCN(CC)S(=O)(=O)c1ccc(C(C)NC(=O)CCNC)cc1.Cl. The highest BCUT2D eigenvalue weighted by molar-refractivity contribution is 7.89. The number of nitrogens with one attached hydrogen (secondary N) is 2. The molecule has 1 unspecified atom stereocenters. The smallest absolute Gasteiger partial charge is 0.243 e. The summed E-state index contributed by atoms with van der Waals surface area (Å²) >= 11 is 0. The van der Waals surface area contributed by atoms with Gasteiger partial charge in [-0.1, -0.05) is 26.0 Å². The van der Waals surface area contributed by atoms with Crippen molar-refractivity contribution >= 4 is 28.3 Å². The minimum absolute atomic E-state index is 0. The van der Waals surface area contributed by atoms with Crippen molar-refractivity contribution in [1.29, 1.82) is 0 Å². The zero-order valence-corrected chi connectivity index (χ0v) is 16.3. The highest BCUT2D eigenvalue weighted by atomic mass is 35.5. The summed E-state index contributed by atoms with van der Waals surface area (Å²) in [4.78, 5) is 12.0. The second-order valence-electron chi connectivity index (χ2n) is 5.30. The van der Waals surface area contributed by atoms with Gasteiger partial charge in [0, 0.05) is 26.1 Å². The molecule has 1 rings (SSSR count). The molecule has 138 valence electrons. The van der Waals surface area contributed by atoms with Crippen molar-refractivity contribution in [3.63, 3.8) is 0 Å². The van der Waals surface area contributed by atoms with E-state index in [-0.39, 0.29) is 29.3 Å². The van der Waals surface area contributed by atoms with E-state index in [9.17, 15) is 13.2 Å². The quantitative estimate of drug-likeness (QED) is 0.689. The summed E-state index contributed by atoms with van der Waals surface area (Å²) < 4.78 is 26.3. The number of amides is 1. The summed E-state index contributed by atoms with van der Waals surface area (Å²) in [5.74, 6) is -0.0355. The van der Waals surface area contributed by atoms with Crippen LogP contribution in [0.2, 0.25) is 0 Å². The van der Waals surface area contributed by atoms with Crippen LogP contribution in [0.1, 0.15) is 38.8 Å². The van der Waals surface area contributed by atoms with Crippen LogP contribution in [0.25, 0.3) is 0 Å². The second-order valence-corrected chi connectivity index (χ2v) is 7.24. The van der Waals surface area contributed by atoms with E-state index in [0.717, 1.165) is 5.56 Å². The van der Waals surface area contributed by atoms with Crippen molar-refractivity contribution in [1.82, 2.24) is 14.9 Å². The molecule has 0 aliphatic rings. The summed E-state index contributed by atoms with van der Waals surface area (Å²) in [6, 6.07) is 6.53. The van der Waals surface area contributed by atoms with E-state index in [0.29, 0.717) is 26.1 Å². The summed E-state index contributed by atoms with van der Waals surface area (Å²) in [6.07, 6.45) is 0.412. The van der Waals surface area contributed by atoms with Gasteiger partial charge in [-0.25, -0.2) is 8.42 Å². The maximum absolute atomic E-state index is 12.4. The molecule has 0 aromatic heterocycles. The Bertz CT molecular complexity index is 601. The third-order valence-electron chi connectivity index (χ3n) is 3.70. The van der Waals surface area contributed by atoms with E-state index in [1.165, 1.54) is 4.31 Å². The fraction of sp³-hybridized carbons (Fsp3) is 0.562. The molecule has 0 aliphatic heterocycles. The first-order chi connectivity index (χ1) is 10.9. The van der Waals surface area contributed by atoms with Gasteiger partial charge in [-0.3, -0.25) is 4.79 Å². The Morgan fingerprint density at radius 3 is 2.17 bits per heavy atom. The molecule has 6 nitrogen and oxygen atoms in total. The van der Waals surface area contributed by atoms with Crippen LogP contribution in [0.5, 0.6) is 0 Å². The van der Waals surface area contributed by atoms with Crippen molar-refractivity contribution in [2.75, 3.05) is 26.7 Å². The molecule has 1 atom stereocenters. The molecule has 1 amide bonds. The van der Waals surface area contributed by atoms with Gasteiger partial charge in [0.05, 0.1) is 10.9 Å². The lowest BCUT2D eigenvalue weighted by atomic mass is 10.1. The van der Waals surface area contributed by atoms with Crippen LogP contribution in [0.3, 0.4) is 0 Å². The molecule has 24 heavy (non-hydrogen) atoms. The highest BCUT2D eigenvalue weighted by Crippen LogP contribution is 2.19. The van der Waals surface area contributed by atoms with Crippen molar-refractivity contribution in [2.24, 2.45) is 0 Å². The van der Waals surface area contributed by atoms with Gasteiger partial charge in [0.15, 0.2) is 0 Å². The maximum Gasteiger partial charge on any atom is 0.243 e. The molecule has 0 saturated heterocycles. The van der Waals surface area contributed by atoms with E-state index in [4.69, 9.17) is 0 Å². The molecule has 0 spiro atoms. The Morgan fingerprint density at radius 1 is 1.17 bits per heavy atom. The largest absolute Gasteiger partial charge is 0.350 e. The number of carbonyl (C=O) groups is 1. The molecule has 0 bridgehead atoms. The third-order valence-corrected chi connectivity index (χ3v) is 5.77. The monoisotopic (exact) mass is 377 g/mol. The molecule has 8 heteroatoms. The Balaban J connectivity index is 0.00000529. The molecular weight excluding hydrogens is 350 g/mol. The summed E-state index contributed by atoms with van der Waals surface area (Å²) in [7, 11) is -1.64. The Hall–Kier alpha value is -1.15. The lowest BCUT2D eigenvalue weighted by molar-refractivity contribution is -0.121.